The van der Waals surface area contributed by atoms with Crippen LogP contribution in [-0.2, 0) is 16.1 Å². The third-order valence-electron chi connectivity index (χ3n) is 4.24. The van der Waals surface area contributed by atoms with Crippen LogP contribution in [0.1, 0.15) is 25.3 Å². The fourth-order valence-corrected chi connectivity index (χ4v) is 2.95. The van der Waals surface area contributed by atoms with Gasteiger partial charge in [0.2, 0.25) is 11.7 Å². The number of carbonyl (C=O) groups excluding carboxylic acids is 1. The second-order valence-electron chi connectivity index (χ2n) is 5.97. The van der Waals surface area contributed by atoms with Gasteiger partial charge in [0.15, 0.2) is 0 Å². The normalized spacial score (nSPS) is 18.8. The van der Waals surface area contributed by atoms with Crippen molar-refractivity contribution in [2.24, 2.45) is 5.92 Å². The molecule has 1 aliphatic heterocycles. The fourth-order valence-electron chi connectivity index (χ4n) is 2.95. The highest BCUT2D eigenvalue weighted by Gasteiger charge is 2.29. The predicted molar refractivity (Wildman–Crippen MR) is 84.2 cm³/mol. The summed E-state index contributed by atoms with van der Waals surface area (Å²) in [6.45, 7) is 3.25. The van der Waals surface area contributed by atoms with E-state index < -0.39 is 0 Å². The molecule has 1 saturated heterocycles. The summed E-state index contributed by atoms with van der Waals surface area (Å²) >= 11 is 0. The lowest BCUT2D eigenvalue weighted by Crippen LogP contribution is -2.36. The molecule has 0 radical (unpaired) electrons. The van der Waals surface area contributed by atoms with E-state index >= 15 is 0 Å². The summed E-state index contributed by atoms with van der Waals surface area (Å²) in [7, 11) is 1.83. The van der Waals surface area contributed by atoms with E-state index in [0.717, 1.165) is 30.6 Å². The molecule has 1 aromatic carbocycles. The zero-order valence-corrected chi connectivity index (χ0v) is 13.4. The van der Waals surface area contributed by atoms with Gasteiger partial charge >= 0.3 is 0 Å². The number of aromatic amines is 1. The lowest BCUT2D eigenvalue weighted by molar-refractivity contribution is -0.138. The number of H-pyrrole nitrogens is 1. The number of nitrogens with zero attached hydrogens (tertiary/aromatic N) is 4. The van der Waals surface area contributed by atoms with Crippen LogP contribution in [0.4, 0.5) is 0 Å². The topological polar surface area (TPSA) is 84.0 Å². The summed E-state index contributed by atoms with van der Waals surface area (Å²) in [5.41, 5.74) is 1.91. The largest absolute Gasteiger partial charge is 0.377 e. The summed E-state index contributed by atoms with van der Waals surface area (Å²) < 4.78 is 5.63. The van der Waals surface area contributed by atoms with Crippen molar-refractivity contribution in [2.75, 3.05) is 13.7 Å². The second-order valence-corrected chi connectivity index (χ2v) is 5.97. The van der Waals surface area contributed by atoms with Crippen molar-refractivity contribution in [1.82, 2.24) is 25.5 Å². The Kier molecular flexibility index (Phi) is 4.66. The van der Waals surface area contributed by atoms with Crippen LogP contribution in [-0.4, -0.2) is 51.2 Å². The first-order chi connectivity index (χ1) is 11.1. The maximum absolute atomic E-state index is 12.6. The van der Waals surface area contributed by atoms with Gasteiger partial charge in [-0.05, 0) is 29.7 Å². The third-order valence-corrected chi connectivity index (χ3v) is 4.24. The van der Waals surface area contributed by atoms with Crippen LogP contribution in [0, 0.1) is 5.92 Å². The summed E-state index contributed by atoms with van der Waals surface area (Å²) in [4.78, 5) is 14.3. The SMILES string of the molecule is CC(C(=O)N(C)Cc1cccc(-c2nn[nH]n2)c1)C1CCCO1. The molecule has 1 aromatic heterocycles. The van der Waals surface area contributed by atoms with Crippen LogP contribution in [0.25, 0.3) is 11.4 Å². The molecule has 0 saturated carbocycles. The molecule has 2 heterocycles. The number of hydrogen-bond donors (Lipinski definition) is 1. The molecule has 3 rings (SSSR count). The molecule has 23 heavy (non-hydrogen) atoms. The number of amides is 1. The third kappa shape index (κ3) is 3.56. The zero-order chi connectivity index (χ0) is 16.2. The molecular formula is C16H21N5O2. The van der Waals surface area contributed by atoms with E-state index in [-0.39, 0.29) is 17.9 Å². The molecule has 1 aliphatic rings. The van der Waals surface area contributed by atoms with Gasteiger partial charge < -0.3 is 9.64 Å². The van der Waals surface area contributed by atoms with Crippen LogP contribution in [0.3, 0.4) is 0 Å². The van der Waals surface area contributed by atoms with Crippen LogP contribution in [0.15, 0.2) is 24.3 Å². The van der Waals surface area contributed by atoms with E-state index in [1.54, 1.807) is 4.90 Å². The maximum atomic E-state index is 12.6. The van der Waals surface area contributed by atoms with Crippen molar-refractivity contribution >= 4 is 5.91 Å². The molecule has 0 aliphatic carbocycles. The van der Waals surface area contributed by atoms with Crippen molar-refractivity contribution in [3.05, 3.63) is 29.8 Å². The maximum Gasteiger partial charge on any atom is 0.228 e. The highest BCUT2D eigenvalue weighted by molar-refractivity contribution is 5.78. The molecule has 7 heteroatoms. The Labute approximate surface area is 135 Å². The van der Waals surface area contributed by atoms with E-state index in [4.69, 9.17) is 4.74 Å². The Morgan fingerprint density at radius 3 is 3.09 bits per heavy atom. The zero-order valence-electron chi connectivity index (χ0n) is 13.4. The van der Waals surface area contributed by atoms with Gasteiger partial charge in [0.1, 0.15) is 0 Å². The summed E-state index contributed by atoms with van der Waals surface area (Å²) in [5, 5.41) is 14.0. The van der Waals surface area contributed by atoms with Crippen molar-refractivity contribution in [3.63, 3.8) is 0 Å². The van der Waals surface area contributed by atoms with Crippen LogP contribution in [0.5, 0.6) is 0 Å². The van der Waals surface area contributed by atoms with Gasteiger partial charge in [-0.15, -0.1) is 10.2 Å². The number of nitrogens with one attached hydrogen (secondary N) is 1. The fraction of sp³-hybridized carbons (Fsp3) is 0.500. The van der Waals surface area contributed by atoms with E-state index in [1.165, 1.54) is 0 Å². The Hall–Kier alpha value is -2.28. The molecule has 0 spiro atoms. The number of rotatable bonds is 5. The average molecular weight is 315 g/mol. The van der Waals surface area contributed by atoms with E-state index in [2.05, 4.69) is 20.6 Å². The van der Waals surface area contributed by atoms with Gasteiger partial charge in [0.25, 0.3) is 0 Å². The Bertz CT molecular complexity index is 652. The van der Waals surface area contributed by atoms with Gasteiger partial charge in [-0.2, -0.15) is 5.21 Å². The monoisotopic (exact) mass is 315 g/mol. The Morgan fingerprint density at radius 1 is 1.52 bits per heavy atom. The smallest absolute Gasteiger partial charge is 0.228 e. The molecule has 7 nitrogen and oxygen atoms in total. The number of ether oxygens (including phenoxy) is 1. The molecule has 1 fully saturated rings. The number of hydrogen-bond acceptors (Lipinski definition) is 5. The lowest BCUT2D eigenvalue weighted by Gasteiger charge is -2.24. The molecule has 122 valence electrons. The molecule has 0 bridgehead atoms. The highest BCUT2D eigenvalue weighted by atomic mass is 16.5. The standard InChI is InChI=1S/C16H21N5O2/c1-11(14-7-4-8-23-14)16(22)21(2)10-12-5-3-6-13(9-12)15-17-19-20-18-15/h3,5-6,9,11,14H,4,7-8,10H2,1-2H3,(H,17,18,19,20). The quantitative estimate of drug-likeness (QED) is 0.907. The molecule has 2 aromatic rings. The average Bonchev–Trinajstić information content (AvgIpc) is 3.26. The predicted octanol–water partition coefficient (Wildman–Crippen LogP) is 1.64. The Balaban J connectivity index is 1.66. The van der Waals surface area contributed by atoms with Crippen LogP contribution < -0.4 is 0 Å². The first kappa shape index (κ1) is 15.6. The first-order valence-electron chi connectivity index (χ1n) is 7.84. The molecule has 1 amide bonds. The number of benzene rings is 1. The second kappa shape index (κ2) is 6.87. The summed E-state index contributed by atoms with van der Waals surface area (Å²) in [5.74, 6) is 0.554. The van der Waals surface area contributed by atoms with Crippen molar-refractivity contribution in [2.45, 2.75) is 32.4 Å². The van der Waals surface area contributed by atoms with Gasteiger partial charge in [-0.1, -0.05) is 25.1 Å². The van der Waals surface area contributed by atoms with Crippen molar-refractivity contribution in [1.29, 1.82) is 0 Å². The lowest BCUT2D eigenvalue weighted by atomic mass is 10.0. The first-order valence-corrected chi connectivity index (χ1v) is 7.84. The summed E-state index contributed by atoms with van der Waals surface area (Å²) in [6, 6.07) is 7.82. The van der Waals surface area contributed by atoms with E-state index in [9.17, 15) is 4.79 Å². The minimum atomic E-state index is -0.108. The molecule has 1 N–H and O–H groups in total. The molecule has 2 atom stereocenters. The minimum Gasteiger partial charge on any atom is -0.377 e. The van der Waals surface area contributed by atoms with Gasteiger partial charge in [-0.25, -0.2) is 0 Å². The van der Waals surface area contributed by atoms with Gasteiger partial charge in [0.05, 0.1) is 12.0 Å². The molecular weight excluding hydrogens is 294 g/mol. The van der Waals surface area contributed by atoms with Gasteiger partial charge in [-0.3, -0.25) is 4.79 Å². The van der Waals surface area contributed by atoms with Crippen molar-refractivity contribution in [3.8, 4) is 11.4 Å². The van der Waals surface area contributed by atoms with Crippen LogP contribution in [0.2, 0.25) is 0 Å². The number of tetrazole rings is 1. The molecule has 2 unspecified atom stereocenters. The van der Waals surface area contributed by atoms with E-state index in [1.807, 2.05) is 38.2 Å². The number of carbonyl (C=O) groups is 1. The Morgan fingerprint density at radius 2 is 2.39 bits per heavy atom. The van der Waals surface area contributed by atoms with Crippen LogP contribution >= 0.6 is 0 Å². The van der Waals surface area contributed by atoms with Gasteiger partial charge in [0, 0.05) is 25.8 Å². The summed E-state index contributed by atoms with van der Waals surface area (Å²) in [6.07, 6.45) is 2.06. The van der Waals surface area contributed by atoms with Crippen molar-refractivity contribution < 1.29 is 9.53 Å². The highest BCUT2D eigenvalue weighted by Crippen LogP contribution is 2.22. The van der Waals surface area contributed by atoms with E-state index in [0.29, 0.717) is 12.4 Å². The minimum absolute atomic E-state index is 0.0515. The number of aromatic nitrogens is 4.